The molecule has 0 bridgehead atoms. The second kappa shape index (κ2) is 14.6. The van der Waals surface area contributed by atoms with Gasteiger partial charge in [0.15, 0.2) is 11.5 Å². The Kier molecular flexibility index (Phi) is 10.9. The highest BCUT2D eigenvalue weighted by Crippen LogP contribution is 2.32. The molecule has 1 saturated carbocycles. The van der Waals surface area contributed by atoms with Gasteiger partial charge in [-0.3, -0.25) is 13.9 Å². The van der Waals surface area contributed by atoms with Crippen molar-refractivity contribution in [2.75, 3.05) is 25.1 Å². The van der Waals surface area contributed by atoms with Crippen LogP contribution in [0.5, 0.6) is 11.5 Å². The third kappa shape index (κ3) is 7.68. The first-order valence-corrected chi connectivity index (χ1v) is 16.2. The summed E-state index contributed by atoms with van der Waals surface area (Å²) < 4.78 is 53.7. The van der Waals surface area contributed by atoms with Gasteiger partial charge in [0, 0.05) is 18.7 Å². The van der Waals surface area contributed by atoms with Gasteiger partial charge in [-0.25, -0.2) is 12.8 Å². The first-order chi connectivity index (χ1) is 21.1. The number of amides is 2. The quantitative estimate of drug-likeness (QED) is 0.280. The summed E-state index contributed by atoms with van der Waals surface area (Å²) in [5, 5.41) is 3.10. The number of anilines is 1. The van der Waals surface area contributed by atoms with E-state index in [4.69, 9.17) is 9.47 Å². The molecule has 4 rings (SSSR count). The molecule has 2 amide bonds. The number of halogens is 1. The molecule has 1 aliphatic rings. The largest absolute Gasteiger partial charge is 0.493 e. The van der Waals surface area contributed by atoms with Crippen LogP contribution < -0.4 is 19.1 Å². The maximum atomic E-state index is 14.2. The maximum absolute atomic E-state index is 14.2. The number of carbonyl (C=O) groups excluding carboxylic acids is 2. The fourth-order valence-electron chi connectivity index (χ4n) is 5.42. The third-order valence-corrected chi connectivity index (χ3v) is 9.67. The summed E-state index contributed by atoms with van der Waals surface area (Å²) in [4.78, 5) is 29.1. The van der Waals surface area contributed by atoms with Crippen molar-refractivity contribution in [2.45, 2.75) is 69.5 Å². The summed E-state index contributed by atoms with van der Waals surface area (Å²) in [6, 6.07) is 15.8. The summed E-state index contributed by atoms with van der Waals surface area (Å²) in [7, 11) is -1.55. The molecule has 0 unspecified atom stereocenters. The van der Waals surface area contributed by atoms with Crippen LogP contribution in [0, 0.1) is 12.7 Å². The molecule has 1 fully saturated rings. The molecule has 236 valence electrons. The maximum Gasteiger partial charge on any atom is 0.264 e. The van der Waals surface area contributed by atoms with Gasteiger partial charge in [-0.15, -0.1) is 0 Å². The van der Waals surface area contributed by atoms with Crippen molar-refractivity contribution in [3.8, 4) is 11.5 Å². The first kappa shape index (κ1) is 32.8. The van der Waals surface area contributed by atoms with E-state index < -0.39 is 34.3 Å². The molecular formula is C33H40FN3O6S. The first-order valence-electron chi connectivity index (χ1n) is 14.7. The lowest BCUT2D eigenvalue weighted by molar-refractivity contribution is -0.140. The van der Waals surface area contributed by atoms with Gasteiger partial charge in [-0.05, 0) is 68.1 Å². The zero-order valence-corrected chi connectivity index (χ0v) is 26.4. The highest BCUT2D eigenvalue weighted by atomic mass is 32.2. The Morgan fingerprint density at radius 3 is 2.18 bits per heavy atom. The Bertz CT molecular complexity index is 1540. The number of rotatable bonds is 13. The molecule has 3 aromatic carbocycles. The molecule has 3 aromatic rings. The molecule has 1 aliphatic carbocycles. The van der Waals surface area contributed by atoms with Gasteiger partial charge in [0.2, 0.25) is 11.8 Å². The molecule has 1 N–H and O–H groups in total. The minimum atomic E-state index is -4.38. The topological polar surface area (TPSA) is 105 Å². The summed E-state index contributed by atoms with van der Waals surface area (Å²) in [5.41, 5.74) is 1.93. The second-order valence-electron chi connectivity index (χ2n) is 10.9. The number of methoxy groups -OCH3 is 2. The molecule has 0 spiro atoms. The van der Waals surface area contributed by atoms with Crippen LogP contribution in [0.4, 0.5) is 10.1 Å². The summed E-state index contributed by atoms with van der Waals surface area (Å²) >= 11 is 0. The van der Waals surface area contributed by atoms with Crippen molar-refractivity contribution in [3.05, 3.63) is 83.7 Å². The number of carbonyl (C=O) groups is 2. The van der Waals surface area contributed by atoms with Crippen LogP contribution >= 0.6 is 0 Å². The van der Waals surface area contributed by atoms with Crippen LogP contribution in [0.2, 0.25) is 0 Å². The van der Waals surface area contributed by atoms with E-state index in [1.54, 1.807) is 0 Å². The van der Waals surface area contributed by atoms with Gasteiger partial charge in [0.1, 0.15) is 18.4 Å². The fourth-order valence-corrected chi connectivity index (χ4v) is 6.85. The monoisotopic (exact) mass is 625 g/mol. The lowest BCUT2D eigenvalue weighted by Crippen LogP contribution is -2.53. The Hall–Kier alpha value is -4.12. The van der Waals surface area contributed by atoms with E-state index in [9.17, 15) is 22.4 Å². The number of benzene rings is 3. The van der Waals surface area contributed by atoms with E-state index in [1.807, 2.05) is 38.1 Å². The van der Waals surface area contributed by atoms with Crippen LogP contribution in [-0.4, -0.2) is 58.0 Å². The molecule has 0 heterocycles. The molecule has 0 aliphatic heterocycles. The van der Waals surface area contributed by atoms with E-state index in [0.717, 1.165) is 53.2 Å². The number of aryl methyl sites for hydroxylation is 1. The van der Waals surface area contributed by atoms with E-state index >= 15 is 0 Å². The van der Waals surface area contributed by atoms with E-state index in [-0.39, 0.29) is 34.8 Å². The predicted octanol–water partition coefficient (Wildman–Crippen LogP) is 5.21. The number of ether oxygens (including phenoxy) is 2. The van der Waals surface area contributed by atoms with Crippen molar-refractivity contribution in [1.82, 2.24) is 10.2 Å². The predicted molar refractivity (Wildman–Crippen MR) is 167 cm³/mol. The van der Waals surface area contributed by atoms with E-state index in [2.05, 4.69) is 5.32 Å². The zero-order chi connectivity index (χ0) is 31.9. The average Bonchev–Trinajstić information content (AvgIpc) is 3.53. The molecule has 44 heavy (non-hydrogen) atoms. The minimum absolute atomic E-state index is 0.0500. The molecular weight excluding hydrogens is 585 g/mol. The summed E-state index contributed by atoms with van der Waals surface area (Å²) in [6.07, 6.45) is 4.17. The van der Waals surface area contributed by atoms with Gasteiger partial charge in [-0.2, -0.15) is 0 Å². The van der Waals surface area contributed by atoms with Crippen LogP contribution in [0.3, 0.4) is 0 Å². The number of hydrogen-bond acceptors (Lipinski definition) is 6. The molecule has 0 aromatic heterocycles. The summed E-state index contributed by atoms with van der Waals surface area (Å²) in [5.74, 6) is -0.878. The van der Waals surface area contributed by atoms with Gasteiger partial charge >= 0.3 is 0 Å². The van der Waals surface area contributed by atoms with Gasteiger partial charge in [-0.1, -0.05) is 49.6 Å². The molecule has 1 atom stereocenters. The molecule has 0 radical (unpaired) electrons. The van der Waals surface area contributed by atoms with E-state index in [0.29, 0.717) is 12.2 Å². The number of hydrogen-bond donors (Lipinski definition) is 1. The lowest BCUT2D eigenvalue weighted by Gasteiger charge is -2.34. The van der Waals surface area contributed by atoms with Crippen molar-refractivity contribution in [1.29, 1.82) is 0 Å². The third-order valence-electron chi connectivity index (χ3n) is 7.90. The Morgan fingerprint density at radius 1 is 0.955 bits per heavy atom. The normalized spacial score (nSPS) is 14.1. The second-order valence-corrected chi connectivity index (χ2v) is 12.8. The molecule has 0 saturated heterocycles. The van der Waals surface area contributed by atoms with Crippen molar-refractivity contribution >= 4 is 27.5 Å². The highest BCUT2D eigenvalue weighted by molar-refractivity contribution is 7.92. The summed E-state index contributed by atoms with van der Waals surface area (Å²) in [6.45, 7) is 3.26. The minimum Gasteiger partial charge on any atom is -0.493 e. The van der Waals surface area contributed by atoms with Gasteiger partial charge in [0.05, 0.1) is 24.8 Å². The number of nitrogens with one attached hydrogen (secondary N) is 1. The Balaban J connectivity index is 1.73. The SMILES string of the molecule is CC[C@H](C(=O)NC1CCCC1)N(Cc1ccc(C)cc1)C(=O)CN(c1ccc(F)cc1)S(=O)(=O)c1ccc(OC)c(OC)c1. The molecule has 9 nitrogen and oxygen atoms in total. The lowest BCUT2D eigenvalue weighted by atomic mass is 10.1. The average molecular weight is 626 g/mol. The van der Waals surface area contributed by atoms with Crippen LogP contribution in [0.1, 0.15) is 50.2 Å². The fraction of sp³-hybridized carbons (Fsp3) is 0.394. The highest BCUT2D eigenvalue weighted by Gasteiger charge is 2.35. The van der Waals surface area contributed by atoms with Crippen molar-refractivity contribution < 1.29 is 31.9 Å². The molecule has 11 heteroatoms. The van der Waals surface area contributed by atoms with Crippen LogP contribution in [0.15, 0.2) is 71.6 Å². The number of nitrogens with zero attached hydrogens (tertiary/aromatic N) is 2. The van der Waals surface area contributed by atoms with Gasteiger partial charge in [0.25, 0.3) is 10.0 Å². The standard InChI is InChI=1S/C33H40FN3O6S/c1-5-29(33(39)35-26-8-6-7-9-26)36(21-24-12-10-23(2)11-13-24)32(38)22-37(27-16-14-25(34)15-17-27)44(40,41)28-18-19-30(42-3)31(20-28)43-4/h10-20,26,29H,5-9,21-22H2,1-4H3,(H,35,39)/t29-/m1/s1. The zero-order valence-electron chi connectivity index (χ0n) is 25.6. The van der Waals surface area contributed by atoms with Crippen molar-refractivity contribution in [2.24, 2.45) is 0 Å². The van der Waals surface area contributed by atoms with Crippen molar-refractivity contribution in [3.63, 3.8) is 0 Å². The van der Waals surface area contributed by atoms with E-state index in [1.165, 1.54) is 49.5 Å². The number of sulfonamides is 1. The van der Waals surface area contributed by atoms with Gasteiger partial charge < -0.3 is 19.7 Å². The smallest absolute Gasteiger partial charge is 0.264 e. The van der Waals surface area contributed by atoms with Crippen LogP contribution in [0.25, 0.3) is 0 Å². The van der Waals surface area contributed by atoms with Crippen LogP contribution in [-0.2, 0) is 26.2 Å². The Labute approximate surface area is 259 Å². The Morgan fingerprint density at radius 2 is 1.59 bits per heavy atom.